The molecule has 0 saturated heterocycles. The second-order valence-electron chi connectivity index (χ2n) is 2.97. The molecule has 0 heterocycles. The van der Waals surface area contributed by atoms with Crippen molar-refractivity contribution in [1.29, 1.82) is 0 Å². The lowest BCUT2D eigenvalue weighted by Gasteiger charge is -2.05. The number of hydrogen-bond acceptors (Lipinski definition) is 2. The molecule has 0 aromatic heterocycles. The molecule has 80 valence electrons. The SMILES string of the molecule is NB(O)/C=C/c1ccc(C(F)(F)F)cc1. The van der Waals surface area contributed by atoms with Crippen LogP contribution in [-0.4, -0.2) is 12.1 Å². The fourth-order valence-electron chi connectivity index (χ4n) is 0.993. The molecule has 15 heavy (non-hydrogen) atoms. The molecule has 0 aliphatic heterocycles. The van der Waals surface area contributed by atoms with Crippen LogP contribution in [-0.2, 0) is 6.18 Å². The van der Waals surface area contributed by atoms with E-state index in [9.17, 15) is 13.2 Å². The maximum absolute atomic E-state index is 12.2. The molecular formula is C9H9BF3NO. The van der Waals surface area contributed by atoms with Crippen LogP contribution in [0.2, 0.25) is 0 Å². The van der Waals surface area contributed by atoms with Gasteiger partial charge in [0, 0.05) is 0 Å². The van der Waals surface area contributed by atoms with Crippen LogP contribution in [0, 0.1) is 0 Å². The van der Waals surface area contributed by atoms with Crippen LogP contribution in [0.1, 0.15) is 11.1 Å². The summed E-state index contributed by atoms with van der Waals surface area (Å²) in [4.78, 5) is 0. The smallest absolute Gasteiger partial charge is 0.416 e. The Morgan fingerprint density at radius 2 is 1.73 bits per heavy atom. The first-order valence-electron chi connectivity index (χ1n) is 4.19. The van der Waals surface area contributed by atoms with Crippen molar-refractivity contribution < 1.29 is 18.2 Å². The summed E-state index contributed by atoms with van der Waals surface area (Å²) in [5, 5.41) is 8.71. The van der Waals surface area contributed by atoms with Crippen molar-refractivity contribution in [1.82, 2.24) is 0 Å². The topological polar surface area (TPSA) is 46.2 Å². The summed E-state index contributed by atoms with van der Waals surface area (Å²) in [5.74, 6) is 1.28. The summed E-state index contributed by atoms with van der Waals surface area (Å²) in [5.41, 5.74) is 4.88. The molecule has 0 bridgehead atoms. The third-order valence-electron chi connectivity index (χ3n) is 1.72. The zero-order valence-corrected chi connectivity index (χ0v) is 7.70. The van der Waals surface area contributed by atoms with E-state index in [2.05, 4.69) is 0 Å². The van der Waals surface area contributed by atoms with Gasteiger partial charge in [-0.2, -0.15) is 13.2 Å². The van der Waals surface area contributed by atoms with Gasteiger partial charge in [-0.25, -0.2) is 0 Å². The number of halogens is 3. The van der Waals surface area contributed by atoms with Crippen LogP contribution < -0.4 is 5.64 Å². The Morgan fingerprint density at radius 3 is 2.13 bits per heavy atom. The molecule has 0 saturated carbocycles. The van der Waals surface area contributed by atoms with E-state index in [-0.39, 0.29) is 0 Å². The number of alkyl halides is 3. The lowest BCUT2D eigenvalue weighted by molar-refractivity contribution is -0.137. The number of benzene rings is 1. The van der Waals surface area contributed by atoms with E-state index in [0.717, 1.165) is 12.1 Å². The Bertz CT molecular complexity index is 345. The average Bonchev–Trinajstić information content (AvgIpc) is 2.14. The highest BCUT2D eigenvalue weighted by atomic mass is 19.4. The van der Waals surface area contributed by atoms with E-state index in [1.807, 2.05) is 0 Å². The summed E-state index contributed by atoms with van der Waals surface area (Å²) in [6.45, 7) is 0. The minimum Gasteiger partial charge on any atom is -0.434 e. The van der Waals surface area contributed by atoms with Gasteiger partial charge in [0.1, 0.15) is 0 Å². The molecule has 3 N–H and O–H groups in total. The van der Waals surface area contributed by atoms with Gasteiger partial charge >= 0.3 is 13.2 Å². The summed E-state index contributed by atoms with van der Waals surface area (Å²) in [6.07, 6.45) is -2.87. The van der Waals surface area contributed by atoms with E-state index < -0.39 is 18.8 Å². The Kier molecular flexibility index (Phi) is 3.54. The minimum absolute atomic E-state index is 0.549. The fourth-order valence-corrected chi connectivity index (χ4v) is 0.993. The van der Waals surface area contributed by atoms with Crippen molar-refractivity contribution in [2.75, 3.05) is 0 Å². The zero-order valence-electron chi connectivity index (χ0n) is 7.70. The normalized spacial score (nSPS) is 12.1. The van der Waals surface area contributed by atoms with Gasteiger partial charge in [-0.15, -0.1) is 0 Å². The van der Waals surface area contributed by atoms with Gasteiger partial charge in [0.05, 0.1) is 5.56 Å². The molecule has 1 rings (SSSR count). The monoisotopic (exact) mass is 215 g/mol. The van der Waals surface area contributed by atoms with Crippen molar-refractivity contribution in [3.63, 3.8) is 0 Å². The van der Waals surface area contributed by atoms with Gasteiger partial charge in [-0.3, -0.25) is 0 Å². The molecule has 0 aliphatic carbocycles. The molecule has 0 fully saturated rings. The number of hydrogen-bond donors (Lipinski definition) is 2. The van der Waals surface area contributed by atoms with Gasteiger partial charge in [0.2, 0.25) is 0 Å². The van der Waals surface area contributed by atoms with E-state index in [0.29, 0.717) is 5.56 Å². The molecular weight excluding hydrogens is 206 g/mol. The summed E-state index contributed by atoms with van der Waals surface area (Å²) >= 11 is 0. The standard InChI is InChI=1S/C9H9BF3NO/c11-9(12,13)8-3-1-7(2-4-8)5-6-10(14)15/h1-6,15H,14H2/b6-5+. The van der Waals surface area contributed by atoms with Gasteiger partial charge in [0.25, 0.3) is 0 Å². The fraction of sp³-hybridized carbons (Fsp3) is 0.111. The summed E-state index contributed by atoms with van der Waals surface area (Å²) < 4.78 is 36.5. The van der Waals surface area contributed by atoms with Crippen molar-refractivity contribution in [2.24, 2.45) is 5.64 Å². The minimum atomic E-state index is -4.32. The first kappa shape index (κ1) is 11.8. The number of rotatable bonds is 2. The van der Waals surface area contributed by atoms with E-state index in [1.165, 1.54) is 24.2 Å². The second-order valence-corrected chi connectivity index (χ2v) is 2.97. The van der Waals surface area contributed by atoms with Crippen molar-refractivity contribution in [2.45, 2.75) is 6.18 Å². The van der Waals surface area contributed by atoms with Crippen LogP contribution >= 0.6 is 0 Å². The molecule has 0 spiro atoms. The molecule has 0 amide bonds. The molecule has 0 aliphatic rings. The highest BCUT2D eigenvalue weighted by molar-refractivity contribution is 6.53. The third kappa shape index (κ3) is 3.77. The molecule has 1 aromatic carbocycles. The Balaban J connectivity index is 2.82. The maximum atomic E-state index is 12.2. The highest BCUT2D eigenvalue weighted by Crippen LogP contribution is 2.29. The molecule has 6 heteroatoms. The predicted molar refractivity (Wildman–Crippen MR) is 52.6 cm³/mol. The van der Waals surface area contributed by atoms with Crippen LogP contribution in [0.3, 0.4) is 0 Å². The zero-order chi connectivity index (χ0) is 11.5. The Labute approximate surface area is 85.3 Å². The lowest BCUT2D eigenvalue weighted by Crippen LogP contribution is -2.21. The first-order valence-corrected chi connectivity index (χ1v) is 4.19. The van der Waals surface area contributed by atoms with E-state index >= 15 is 0 Å². The first-order chi connectivity index (χ1) is 6.89. The van der Waals surface area contributed by atoms with Crippen LogP contribution in [0.15, 0.2) is 30.2 Å². The summed E-state index contributed by atoms with van der Waals surface area (Å²) in [7, 11) is -1.10. The molecule has 0 radical (unpaired) electrons. The largest absolute Gasteiger partial charge is 0.434 e. The second kappa shape index (κ2) is 4.50. The average molecular weight is 215 g/mol. The van der Waals surface area contributed by atoms with Crippen LogP contribution in [0.25, 0.3) is 6.08 Å². The Morgan fingerprint density at radius 1 is 1.20 bits per heavy atom. The van der Waals surface area contributed by atoms with Gasteiger partial charge in [0.15, 0.2) is 0 Å². The van der Waals surface area contributed by atoms with Gasteiger partial charge in [-0.05, 0) is 17.7 Å². The van der Waals surface area contributed by atoms with Crippen molar-refractivity contribution >= 4 is 13.1 Å². The molecule has 0 unspecified atom stereocenters. The van der Waals surface area contributed by atoms with Crippen molar-refractivity contribution in [3.05, 3.63) is 41.4 Å². The van der Waals surface area contributed by atoms with Crippen molar-refractivity contribution in [3.8, 4) is 0 Å². The molecule has 2 nitrogen and oxygen atoms in total. The predicted octanol–water partition coefficient (Wildman–Crippen LogP) is 1.70. The molecule has 0 atom stereocenters. The molecule has 1 aromatic rings. The quantitative estimate of drug-likeness (QED) is 0.737. The third-order valence-corrected chi connectivity index (χ3v) is 1.72. The number of nitrogens with two attached hydrogens (primary N) is 1. The Hall–Kier alpha value is -1.27. The summed E-state index contributed by atoms with van der Waals surface area (Å²) in [6, 6.07) is 4.56. The highest BCUT2D eigenvalue weighted by Gasteiger charge is 2.29. The van der Waals surface area contributed by atoms with Crippen LogP contribution in [0.5, 0.6) is 0 Å². The lowest BCUT2D eigenvalue weighted by atomic mass is 9.85. The van der Waals surface area contributed by atoms with Gasteiger partial charge < -0.3 is 10.7 Å². The van der Waals surface area contributed by atoms with E-state index in [1.54, 1.807) is 0 Å². The van der Waals surface area contributed by atoms with Gasteiger partial charge in [-0.1, -0.05) is 24.2 Å². The maximum Gasteiger partial charge on any atom is 0.416 e. The van der Waals surface area contributed by atoms with E-state index in [4.69, 9.17) is 10.7 Å². The van der Waals surface area contributed by atoms with Crippen LogP contribution in [0.4, 0.5) is 13.2 Å².